The van der Waals surface area contributed by atoms with Crippen LogP contribution in [-0.2, 0) is 12.8 Å². The van der Waals surface area contributed by atoms with Crippen molar-refractivity contribution in [2.24, 2.45) is 0 Å². The average Bonchev–Trinajstić information content (AvgIpc) is 3.15. The Morgan fingerprint density at radius 3 is 2.75 bits per heavy atom. The molecule has 0 atom stereocenters. The third-order valence-electron chi connectivity index (χ3n) is 5.24. The number of hydrogen-bond acceptors (Lipinski definition) is 7. The number of fused-ring (bicyclic) bond motifs is 3. The molecule has 1 aliphatic carbocycles. The molecule has 162 valence electrons. The van der Waals surface area contributed by atoms with Crippen LogP contribution in [0, 0.1) is 21.7 Å². The molecule has 32 heavy (non-hydrogen) atoms. The van der Waals surface area contributed by atoms with Gasteiger partial charge in [0.25, 0.3) is 5.69 Å². The lowest BCUT2D eigenvalue weighted by molar-refractivity contribution is -0.384. The second-order valence-corrected chi connectivity index (χ2v) is 8.47. The number of anilines is 2. The van der Waals surface area contributed by atoms with Crippen LogP contribution in [0.1, 0.15) is 23.3 Å². The molecule has 0 radical (unpaired) electrons. The minimum absolute atomic E-state index is 0.0323. The van der Waals surface area contributed by atoms with Gasteiger partial charge in [-0.1, -0.05) is 0 Å². The van der Waals surface area contributed by atoms with E-state index in [0.29, 0.717) is 17.6 Å². The average molecular weight is 454 g/mol. The molecule has 0 bridgehead atoms. The molecule has 1 N–H and O–H groups in total. The van der Waals surface area contributed by atoms with Gasteiger partial charge in [-0.05, 0) is 43.4 Å². The molecule has 0 saturated carbocycles. The number of aromatic nitrogens is 2. The number of rotatable bonds is 5. The Labute approximate surface area is 184 Å². The maximum atomic E-state index is 14.0. The molecule has 7 nitrogen and oxygen atoms in total. The number of ether oxygens (including phenoxy) is 1. The highest BCUT2D eigenvalue weighted by Gasteiger charge is 2.21. The van der Waals surface area contributed by atoms with E-state index in [1.54, 1.807) is 11.3 Å². The molecule has 5 rings (SSSR count). The van der Waals surface area contributed by atoms with E-state index in [-0.39, 0.29) is 17.2 Å². The highest BCUT2D eigenvalue weighted by Crippen LogP contribution is 2.40. The fourth-order valence-electron chi connectivity index (χ4n) is 3.83. The van der Waals surface area contributed by atoms with Crippen LogP contribution in [0.4, 0.5) is 26.0 Å². The number of halogens is 2. The minimum atomic E-state index is -0.909. The van der Waals surface area contributed by atoms with Crippen LogP contribution in [0.5, 0.6) is 11.5 Å². The molecule has 2 aromatic carbocycles. The standard InChI is InChI=1S/C22H16F2N4O3S/c23-12-5-6-18(17(24)7-12)31-15-9-13(8-14(10-15)28(29)30)27-21-20-16-3-1-2-4-19(16)32-22(20)26-11-25-21/h5-11H,1-4H2,(H,25,26,27). The fraction of sp³-hybridized carbons (Fsp3) is 0.182. The molecule has 4 aromatic rings. The minimum Gasteiger partial charge on any atom is -0.454 e. The predicted octanol–water partition coefficient (Wildman–Crippen LogP) is 6.29. The number of benzene rings is 2. The van der Waals surface area contributed by atoms with E-state index in [4.69, 9.17) is 4.74 Å². The summed E-state index contributed by atoms with van der Waals surface area (Å²) in [5.74, 6) is -1.32. The zero-order chi connectivity index (χ0) is 22.2. The zero-order valence-electron chi connectivity index (χ0n) is 16.6. The molecular formula is C22H16F2N4O3S. The SMILES string of the molecule is O=[N+]([O-])c1cc(Nc2ncnc3sc4c(c23)CCCC4)cc(Oc2ccc(F)cc2F)c1. The second kappa shape index (κ2) is 8.12. The van der Waals surface area contributed by atoms with E-state index in [2.05, 4.69) is 15.3 Å². The first-order valence-corrected chi connectivity index (χ1v) is 10.7. The third kappa shape index (κ3) is 3.84. The summed E-state index contributed by atoms with van der Waals surface area (Å²) in [4.78, 5) is 21.8. The summed E-state index contributed by atoms with van der Waals surface area (Å²) in [5.41, 5.74) is 1.33. The van der Waals surface area contributed by atoms with Crippen LogP contribution in [0.25, 0.3) is 10.2 Å². The molecule has 10 heteroatoms. The number of nitro benzene ring substituents is 1. The Morgan fingerprint density at radius 2 is 1.94 bits per heavy atom. The summed E-state index contributed by atoms with van der Waals surface area (Å²) in [5, 5.41) is 15.5. The molecule has 0 spiro atoms. The topological polar surface area (TPSA) is 90.2 Å². The van der Waals surface area contributed by atoms with Crippen molar-refractivity contribution in [3.63, 3.8) is 0 Å². The van der Waals surface area contributed by atoms with Gasteiger partial charge in [0.15, 0.2) is 11.6 Å². The number of nitro groups is 1. The number of aryl methyl sites for hydroxylation is 2. The smallest absolute Gasteiger partial charge is 0.275 e. The Balaban J connectivity index is 1.54. The van der Waals surface area contributed by atoms with Crippen molar-refractivity contribution in [2.75, 3.05) is 5.32 Å². The number of thiophene rings is 1. The number of nitrogens with zero attached hydrogens (tertiary/aromatic N) is 3. The Bertz CT molecular complexity index is 1360. The maximum absolute atomic E-state index is 14.0. The van der Waals surface area contributed by atoms with Crippen LogP contribution in [-0.4, -0.2) is 14.9 Å². The zero-order valence-corrected chi connectivity index (χ0v) is 17.4. The highest BCUT2D eigenvalue weighted by molar-refractivity contribution is 7.19. The van der Waals surface area contributed by atoms with Gasteiger partial charge in [0.05, 0.1) is 22.1 Å². The van der Waals surface area contributed by atoms with E-state index < -0.39 is 16.6 Å². The summed E-state index contributed by atoms with van der Waals surface area (Å²) in [6.45, 7) is 0. The van der Waals surface area contributed by atoms with Crippen LogP contribution in [0.3, 0.4) is 0 Å². The van der Waals surface area contributed by atoms with Crippen molar-refractivity contribution < 1.29 is 18.4 Å². The van der Waals surface area contributed by atoms with E-state index in [0.717, 1.165) is 48.0 Å². The first kappa shape index (κ1) is 20.3. The maximum Gasteiger partial charge on any atom is 0.275 e. The van der Waals surface area contributed by atoms with E-state index in [9.17, 15) is 18.9 Å². The van der Waals surface area contributed by atoms with Crippen molar-refractivity contribution in [1.82, 2.24) is 9.97 Å². The monoisotopic (exact) mass is 454 g/mol. The molecule has 2 heterocycles. The fourth-order valence-corrected chi connectivity index (χ4v) is 5.06. The largest absolute Gasteiger partial charge is 0.454 e. The van der Waals surface area contributed by atoms with Crippen molar-refractivity contribution >= 4 is 38.7 Å². The molecule has 1 aliphatic rings. The van der Waals surface area contributed by atoms with E-state index >= 15 is 0 Å². The Kier molecular flexibility index (Phi) is 5.14. The third-order valence-corrected chi connectivity index (χ3v) is 6.44. The van der Waals surface area contributed by atoms with Crippen LogP contribution >= 0.6 is 11.3 Å². The van der Waals surface area contributed by atoms with Crippen molar-refractivity contribution in [3.05, 3.63) is 74.9 Å². The molecule has 2 aromatic heterocycles. The quantitative estimate of drug-likeness (QED) is 0.281. The summed E-state index contributed by atoms with van der Waals surface area (Å²) >= 11 is 1.64. The molecule has 0 aliphatic heterocycles. The van der Waals surface area contributed by atoms with Gasteiger partial charge < -0.3 is 10.1 Å². The van der Waals surface area contributed by atoms with Crippen LogP contribution in [0.15, 0.2) is 42.7 Å². The number of nitrogens with one attached hydrogen (secondary N) is 1. The van der Waals surface area contributed by atoms with Gasteiger partial charge in [-0.3, -0.25) is 10.1 Å². The summed E-state index contributed by atoms with van der Waals surface area (Å²) in [6, 6.07) is 6.89. The summed E-state index contributed by atoms with van der Waals surface area (Å²) in [6.07, 6.45) is 5.63. The van der Waals surface area contributed by atoms with Crippen molar-refractivity contribution in [1.29, 1.82) is 0 Å². The highest BCUT2D eigenvalue weighted by atomic mass is 32.1. The molecule has 0 fully saturated rings. The summed E-state index contributed by atoms with van der Waals surface area (Å²) < 4.78 is 32.7. The van der Waals surface area contributed by atoms with Gasteiger partial charge in [0.1, 0.15) is 28.5 Å². The van der Waals surface area contributed by atoms with E-state index in [1.807, 2.05) is 0 Å². The van der Waals surface area contributed by atoms with Crippen LogP contribution in [0.2, 0.25) is 0 Å². The van der Waals surface area contributed by atoms with Gasteiger partial charge in [0, 0.05) is 23.1 Å². The van der Waals surface area contributed by atoms with Gasteiger partial charge >= 0.3 is 0 Å². The van der Waals surface area contributed by atoms with Gasteiger partial charge in [-0.25, -0.2) is 18.7 Å². The van der Waals surface area contributed by atoms with Gasteiger partial charge in [-0.2, -0.15) is 0 Å². The molecule has 0 unspecified atom stereocenters. The molecule has 0 saturated heterocycles. The predicted molar refractivity (Wildman–Crippen MR) is 117 cm³/mol. The number of hydrogen-bond donors (Lipinski definition) is 1. The lowest BCUT2D eigenvalue weighted by Crippen LogP contribution is -2.01. The number of non-ortho nitro benzene ring substituents is 1. The van der Waals surface area contributed by atoms with E-state index in [1.165, 1.54) is 35.0 Å². The Hall–Kier alpha value is -3.66. The molecular weight excluding hydrogens is 438 g/mol. The summed E-state index contributed by atoms with van der Waals surface area (Å²) in [7, 11) is 0. The van der Waals surface area contributed by atoms with Gasteiger partial charge in [-0.15, -0.1) is 11.3 Å². The Morgan fingerprint density at radius 1 is 1.09 bits per heavy atom. The normalized spacial score (nSPS) is 13.1. The van der Waals surface area contributed by atoms with Crippen molar-refractivity contribution in [2.45, 2.75) is 25.7 Å². The lowest BCUT2D eigenvalue weighted by Gasteiger charge is -2.13. The first-order valence-electron chi connectivity index (χ1n) is 9.92. The lowest BCUT2D eigenvalue weighted by atomic mass is 9.97. The molecule has 0 amide bonds. The van der Waals surface area contributed by atoms with Crippen LogP contribution < -0.4 is 10.1 Å². The first-order chi connectivity index (χ1) is 15.5. The van der Waals surface area contributed by atoms with Crippen molar-refractivity contribution in [3.8, 4) is 11.5 Å². The van der Waals surface area contributed by atoms with Gasteiger partial charge in [0.2, 0.25) is 0 Å². The second-order valence-electron chi connectivity index (χ2n) is 7.39.